The largest absolute Gasteiger partial charge is 0.465 e. The van der Waals surface area contributed by atoms with Gasteiger partial charge < -0.3 is 4.74 Å². The zero-order valence-corrected chi connectivity index (χ0v) is 9.22. The maximum absolute atomic E-state index is 11.3. The van der Waals surface area contributed by atoms with Gasteiger partial charge in [0.2, 0.25) is 0 Å². The Kier molecular flexibility index (Phi) is 5.00. The number of hydrogen-bond donors (Lipinski definition) is 0. The number of pyridine rings is 1. The summed E-state index contributed by atoms with van der Waals surface area (Å²) in [4.78, 5) is 15.5. The van der Waals surface area contributed by atoms with Crippen LogP contribution in [0.25, 0.3) is 0 Å². The van der Waals surface area contributed by atoms with E-state index in [1.807, 2.05) is 24.3 Å². The third-order valence-electron chi connectivity index (χ3n) is 2.14. The highest BCUT2D eigenvalue weighted by molar-refractivity contribution is 5.75. The van der Waals surface area contributed by atoms with Gasteiger partial charge in [0.1, 0.15) is 5.92 Å². The number of esters is 1. The van der Waals surface area contributed by atoms with E-state index in [9.17, 15) is 4.79 Å². The second-order valence-corrected chi connectivity index (χ2v) is 3.29. The van der Waals surface area contributed by atoms with Gasteiger partial charge in [0.05, 0.1) is 12.7 Å². The standard InChI is InChI=1S/C12H14N2O2/c1-2-16-12(15)10(9-13)6-7-11-5-3-4-8-14-11/h3-5,8,10H,2,6-7H2,1H3. The van der Waals surface area contributed by atoms with Crippen LogP contribution in [0.15, 0.2) is 24.4 Å². The van der Waals surface area contributed by atoms with Gasteiger partial charge in [-0.25, -0.2) is 0 Å². The summed E-state index contributed by atoms with van der Waals surface area (Å²) in [6.07, 6.45) is 2.76. The van der Waals surface area contributed by atoms with Crippen molar-refractivity contribution < 1.29 is 9.53 Å². The number of aryl methyl sites for hydroxylation is 1. The van der Waals surface area contributed by atoms with Gasteiger partial charge in [0.25, 0.3) is 0 Å². The van der Waals surface area contributed by atoms with Crippen molar-refractivity contribution in [2.24, 2.45) is 5.92 Å². The number of nitriles is 1. The lowest BCUT2D eigenvalue weighted by Gasteiger charge is -2.07. The fourth-order valence-electron chi connectivity index (χ4n) is 1.32. The number of nitrogens with zero attached hydrogens (tertiary/aromatic N) is 2. The summed E-state index contributed by atoms with van der Waals surface area (Å²) < 4.78 is 4.80. The molecule has 84 valence electrons. The van der Waals surface area contributed by atoms with Crippen molar-refractivity contribution in [3.05, 3.63) is 30.1 Å². The van der Waals surface area contributed by atoms with Crippen LogP contribution in [0.3, 0.4) is 0 Å². The monoisotopic (exact) mass is 218 g/mol. The van der Waals surface area contributed by atoms with E-state index in [4.69, 9.17) is 10.00 Å². The average molecular weight is 218 g/mol. The van der Waals surface area contributed by atoms with Crippen LogP contribution < -0.4 is 0 Å². The van der Waals surface area contributed by atoms with Gasteiger partial charge in [-0.1, -0.05) is 6.07 Å². The van der Waals surface area contributed by atoms with Gasteiger partial charge in [-0.15, -0.1) is 0 Å². The van der Waals surface area contributed by atoms with Gasteiger partial charge in [0, 0.05) is 11.9 Å². The van der Waals surface area contributed by atoms with Gasteiger partial charge in [-0.2, -0.15) is 5.26 Å². The van der Waals surface area contributed by atoms with Crippen molar-refractivity contribution in [1.82, 2.24) is 4.98 Å². The van der Waals surface area contributed by atoms with E-state index in [1.54, 1.807) is 13.1 Å². The number of hydrogen-bond acceptors (Lipinski definition) is 4. The van der Waals surface area contributed by atoms with E-state index >= 15 is 0 Å². The molecule has 0 saturated heterocycles. The molecule has 0 aliphatic carbocycles. The first-order valence-electron chi connectivity index (χ1n) is 5.24. The summed E-state index contributed by atoms with van der Waals surface area (Å²) in [6, 6.07) is 7.54. The van der Waals surface area contributed by atoms with Crippen molar-refractivity contribution >= 4 is 5.97 Å². The van der Waals surface area contributed by atoms with Gasteiger partial charge in [0.15, 0.2) is 0 Å². The summed E-state index contributed by atoms with van der Waals surface area (Å²) in [5.41, 5.74) is 0.882. The summed E-state index contributed by atoms with van der Waals surface area (Å²) in [5.74, 6) is -1.14. The predicted octanol–water partition coefficient (Wildman–Crippen LogP) is 1.72. The maximum atomic E-state index is 11.3. The molecule has 1 unspecified atom stereocenters. The van der Waals surface area contributed by atoms with Crippen LogP contribution in [0.5, 0.6) is 0 Å². The van der Waals surface area contributed by atoms with Crippen molar-refractivity contribution in [2.45, 2.75) is 19.8 Å². The van der Waals surface area contributed by atoms with Crippen LogP contribution in [0, 0.1) is 17.2 Å². The molecule has 4 nitrogen and oxygen atoms in total. The normalized spacial score (nSPS) is 11.5. The Balaban J connectivity index is 2.47. The molecular formula is C12H14N2O2. The third kappa shape index (κ3) is 3.70. The smallest absolute Gasteiger partial charge is 0.323 e. The Bertz CT molecular complexity index is 370. The fourth-order valence-corrected chi connectivity index (χ4v) is 1.32. The van der Waals surface area contributed by atoms with Crippen LogP contribution in [0.4, 0.5) is 0 Å². The fraction of sp³-hybridized carbons (Fsp3) is 0.417. The minimum atomic E-state index is -0.693. The van der Waals surface area contributed by atoms with E-state index in [-0.39, 0.29) is 0 Å². The molecule has 4 heteroatoms. The number of aromatic nitrogens is 1. The van der Waals surface area contributed by atoms with Crippen LogP contribution in [0.1, 0.15) is 19.0 Å². The molecule has 0 radical (unpaired) electrons. The Hall–Kier alpha value is -1.89. The molecule has 1 heterocycles. The highest BCUT2D eigenvalue weighted by Crippen LogP contribution is 2.09. The highest BCUT2D eigenvalue weighted by Gasteiger charge is 2.18. The van der Waals surface area contributed by atoms with Crippen LogP contribution in [-0.2, 0) is 16.0 Å². The average Bonchev–Trinajstić information content (AvgIpc) is 2.31. The lowest BCUT2D eigenvalue weighted by Crippen LogP contribution is -2.17. The second kappa shape index (κ2) is 6.57. The summed E-state index contributed by atoms with van der Waals surface area (Å²) >= 11 is 0. The zero-order valence-electron chi connectivity index (χ0n) is 9.22. The first-order chi connectivity index (χ1) is 7.77. The predicted molar refractivity (Wildman–Crippen MR) is 58.3 cm³/mol. The van der Waals surface area contributed by atoms with Gasteiger partial charge >= 0.3 is 5.97 Å². The number of rotatable bonds is 5. The molecule has 0 spiro atoms. The minimum absolute atomic E-state index is 0.306. The SMILES string of the molecule is CCOC(=O)C(C#N)CCc1ccccn1. The molecule has 0 aliphatic heterocycles. The van der Waals surface area contributed by atoms with E-state index in [1.165, 1.54) is 0 Å². The first-order valence-corrected chi connectivity index (χ1v) is 5.24. The molecule has 1 atom stereocenters. The summed E-state index contributed by atoms with van der Waals surface area (Å²) in [6.45, 7) is 2.03. The van der Waals surface area contributed by atoms with E-state index in [0.29, 0.717) is 19.4 Å². The topological polar surface area (TPSA) is 63.0 Å². The number of carbonyl (C=O) groups is 1. The van der Waals surface area contributed by atoms with E-state index in [2.05, 4.69) is 4.98 Å². The summed E-state index contributed by atoms with van der Waals surface area (Å²) in [7, 11) is 0. The van der Waals surface area contributed by atoms with Crippen LogP contribution >= 0.6 is 0 Å². The molecule has 0 saturated carbocycles. The van der Waals surface area contributed by atoms with Crippen molar-refractivity contribution in [3.8, 4) is 6.07 Å². The van der Waals surface area contributed by atoms with Crippen molar-refractivity contribution in [3.63, 3.8) is 0 Å². The van der Waals surface area contributed by atoms with Gasteiger partial charge in [-0.3, -0.25) is 9.78 Å². The molecule has 0 bridgehead atoms. The van der Waals surface area contributed by atoms with Crippen molar-refractivity contribution in [1.29, 1.82) is 5.26 Å². The maximum Gasteiger partial charge on any atom is 0.323 e. The lowest BCUT2D eigenvalue weighted by molar-refractivity contribution is -0.146. The Morgan fingerprint density at radius 2 is 2.44 bits per heavy atom. The Labute approximate surface area is 94.9 Å². The number of carbonyl (C=O) groups excluding carboxylic acids is 1. The zero-order chi connectivity index (χ0) is 11.8. The summed E-state index contributed by atoms with van der Waals surface area (Å²) in [5, 5.41) is 8.83. The Morgan fingerprint density at radius 1 is 1.62 bits per heavy atom. The lowest BCUT2D eigenvalue weighted by atomic mass is 10.0. The van der Waals surface area contributed by atoms with Crippen LogP contribution in [0.2, 0.25) is 0 Å². The quantitative estimate of drug-likeness (QED) is 0.706. The number of ether oxygens (including phenoxy) is 1. The molecule has 1 aromatic rings. The molecule has 0 aromatic carbocycles. The van der Waals surface area contributed by atoms with E-state index in [0.717, 1.165) is 5.69 Å². The highest BCUT2D eigenvalue weighted by atomic mass is 16.5. The van der Waals surface area contributed by atoms with E-state index < -0.39 is 11.9 Å². The molecule has 0 N–H and O–H groups in total. The molecule has 0 amide bonds. The molecule has 1 rings (SSSR count). The molecule has 0 aliphatic rings. The minimum Gasteiger partial charge on any atom is -0.465 e. The van der Waals surface area contributed by atoms with Crippen molar-refractivity contribution in [2.75, 3.05) is 6.61 Å². The Morgan fingerprint density at radius 3 is 3.00 bits per heavy atom. The second-order valence-electron chi connectivity index (χ2n) is 3.29. The molecule has 0 fully saturated rings. The van der Waals surface area contributed by atoms with Gasteiger partial charge in [-0.05, 0) is 31.9 Å². The van der Waals surface area contributed by atoms with Crippen LogP contribution in [-0.4, -0.2) is 17.6 Å². The molecular weight excluding hydrogens is 204 g/mol. The molecule has 16 heavy (non-hydrogen) atoms. The first kappa shape index (κ1) is 12.2. The third-order valence-corrected chi connectivity index (χ3v) is 2.14. The molecule has 1 aromatic heterocycles.